The topological polar surface area (TPSA) is 81.4 Å². The van der Waals surface area contributed by atoms with E-state index in [1.807, 2.05) is 18.2 Å². The maximum absolute atomic E-state index is 12.1. The van der Waals surface area contributed by atoms with E-state index in [2.05, 4.69) is 10.3 Å². The van der Waals surface area contributed by atoms with E-state index in [0.29, 0.717) is 17.9 Å². The van der Waals surface area contributed by atoms with Crippen LogP contribution in [-0.2, 0) is 11.3 Å². The first-order chi connectivity index (χ1) is 11.6. The Labute approximate surface area is 138 Å². The quantitative estimate of drug-likeness (QED) is 0.728. The molecule has 6 heteroatoms. The Hall–Kier alpha value is -3.15. The van der Waals surface area contributed by atoms with Gasteiger partial charge in [-0.15, -0.1) is 0 Å². The Bertz CT molecular complexity index is 906. The van der Waals surface area contributed by atoms with Crippen LogP contribution in [-0.4, -0.2) is 17.0 Å². The molecule has 2 aromatic heterocycles. The van der Waals surface area contributed by atoms with Crippen LogP contribution in [0.3, 0.4) is 0 Å². The second kappa shape index (κ2) is 6.95. The highest BCUT2D eigenvalue weighted by atomic mass is 16.5. The third-order valence-corrected chi connectivity index (χ3v) is 3.45. The van der Waals surface area contributed by atoms with Crippen LogP contribution in [0.15, 0.2) is 63.9 Å². The summed E-state index contributed by atoms with van der Waals surface area (Å²) in [6.45, 7) is 1.99. The van der Waals surface area contributed by atoms with Crippen LogP contribution in [0.1, 0.15) is 12.6 Å². The molecule has 3 rings (SSSR count). The molecule has 122 valence electrons. The lowest BCUT2D eigenvalue weighted by Crippen LogP contribution is -2.36. The van der Waals surface area contributed by atoms with Crippen LogP contribution in [0.5, 0.6) is 5.75 Å². The Morgan fingerprint density at radius 1 is 1.25 bits per heavy atom. The molecule has 1 amide bonds. The third-order valence-electron chi connectivity index (χ3n) is 3.45. The van der Waals surface area contributed by atoms with Crippen LogP contribution in [0, 0.1) is 0 Å². The molecule has 0 spiro atoms. The number of carbonyl (C=O) groups excluding carboxylic acids is 1. The molecule has 0 aliphatic rings. The SMILES string of the molecule is CC(Oc1ccc2ccc(=O)oc2c1)C(=O)NCc1ccccn1. The molecule has 0 saturated heterocycles. The van der Waals surface area contributed by atoms with Crippen LogP contribution in [0.4, 0.5) is 0 Å². The van der Waals surface area contributed by atoms with Crippen molar-refractivity contribution in [3.63, 3.8) is 0 Å². The minimum Gasteiger partial charge on any atom is -0.481 e. The van der Waals surface area contributed by atoms with Crippen LogP contribution in [0.2, 0.25) is 0 Å². The lowest BCUT2D eigenvalue weighted by atomic mass is 10.2. The maximum Gasteiger partial charge on any atom is 0.336 e. The molecular formula is C18H16N2O4. The summed E-state index contributed by atoms with van der Waals surface area (Å²) in [6.07, 6.45) is 0.978. The Morgan fingerprint density at radius 2 is 2.08 bits per heavy atom. The van der Waals surface area contributed by atoms with E-state index < -0.39 is 11.7 Å². The van der Waals surface area contributed by atoms with Crippen molar-refractivity contribution in [1.82, 2.24) is 10.3 Å². The summed E-state index contributed by atoms with van der Waals surface area (Å²) in [6, 6.07) is 13.6. The number of pyridine rings is 1. The Morgan fingerprint density at radius 3 is 2.88 bits per heavy atom. The van der Waals surface area contributed by atoms with Crippen molar-refractivity contribution in [2.75, 3.05) is 0 Å². The first-order valence-electron chi connectivity index (χ1n) is 7.50. The van der Waals surface area contributed by atoms with Gasteiger partial charge in [0.05, 0.1) is 12.2 Å². The Balaban J connectivity index is 1.64. The van der Waals surface area contributed by atoms with Gasteiger partial charge in [0.2, 0.25) is 0 Å². The van der Waals surface area contributed by atoms with Crippen molar-refractivity contribution in [3.8, 4) is 5.75 Å². The summed E-state index contributed by atoms with van der Waals surface area (Å²) in [7, 11) is 0. The summed E-state index contributed by atoms with van der Waals surface area (Å²) >= 11 is 0. The minimum atomic E-state index is -0.693. The van der Waals surface area contributed by atoms with Gasteiger partial charge in [-0.3, -0.25) is 9.78 Å². The number of fused-ring (bicyclic) bond motifs is 1. The van der Waals surface area contributed by atoms with Crippen molar-refractivity contribution in [1.29, 1.82) is 0 Å². The van der Waals surface area contributed by atoms with Gasteiger partial charge in [0.15, 0.2) is 6.10 Å². The van der Waals surface area contributed by atoms with Crippen LogP contribution in [0.25, 0.3) is 11.0 Å². The number of ether oxygens (including phenoxy) is 1. The maximum atomic E-state index is 12.1. The number of carbonyl (C=O) groups is 1. The van der Waals surface area contributed by atoms with Crippen molar-refractivity contribution >= 4 is 16.9 Å². The first-order valence-corrected chi connectivity index (χ1v) is 7.50. The highest BCUT2D eigenvalue weighted by Crippen LogP contribution is 2.20. The fourth-order valence-corrected chi connectivity index (χ4v) is 2.20. The number of rotatable bonds is 5. The summed E-state index contributed by atoms with van der Waals surface area (Å²) in [5.41, 5.74) is 0.757. The van der Waals surface area contributed by atoms with E-state index in [-0.39, 0.29) is 5.91 Å². The molecule has 1 atom stereocenters. The third kappa shape index (κ3) is 3.78. The van der Waals surface area contributed by atoms with E-state index in [1.165, 1.54) is 6.07 Å². The van der Waals surface area contributed by atoms with Crippen LogP contribution < -0.4 is 15.7 Å². The fourth-order valence-electron chi connectivity index (χ4n) is 2.20. The number of benzene rings is 1. The van der Waals surface area contributed by atoms with Gasteiger partial charge in [0.1, 0.15) is 11.3 Å². The van der Waals surface area contributed by atoms with Gasteiger partial charge in [0.25, 0.3) is 5.91 Å². The summed E-state index contributed by atoms with van der Waals surface area (Å²) in [5, 5.41) is 3.55. The number of aromatic nitrogens is 1. The van der Waals surface area contributed by atoms with Crippen molar-refractivity contribution in [3.05, 3.63) is 70.8 Å². The van der Waals surface area contributed by atoms with Gasteiger partial charge in [-0.05, 0) is 37.3 Å². The van der Waals surface area contributed by atoms with Crippen LogP contribution >= 0.6 is 0 Å². The molecular weight excluding hydrogens is 308 g/mol. The molecule has 3 aromatic rings. The standard InChI is InChI=1S/C18H16N2O4/c1-12(18(22)20-11-14-4-2-3-9-19-14)23-15-7-5-13-6-8-17(21)24-16(13)10-15/h2-10,12H,11H2,1H3,(H,20,22). The molecule has 0 radical (unpaired) electrons. The predicted octanol–water partition coefficient (Wildman–Crippen LogP) is 2.27. The van der Waals surface area contributed by atoms with Gasteiger partial charge in [-0.25, -0.2) is 4.79 Å². The molecule has 0 saturated carbocycles. The summed E-state index contributed by atoms with van der Waals surface area (Å²) in [5.74, 6) is 0.201. The van der Waals surface area contributed by atoms with E-state index in [1.54, 1.807) is 37.4 Å². The zero-order valence-electron chi connectivity index (χ0n) is 13.1. The lowest BCUT2D eigenvalue weighted by Gasteiger charge is -2.14. The molecule has 2 heterocycles. The number of amides is 1. The Kier molecular flexibility index (Phi) is 4.56. The molecule has 1 N–H and O–H groups in total. The molecule has 6 nitrogen and oxygen atoms in total. The molecule has 0 aliphatic heterocycles. The van der Waals surface area contributed by atoms with Crippen molar-refractivity contribution < 1.29 is 13.9 Å². The molecule has 24 heavy (non-hydrogen) atoms. The van der Waals surface area contributed by atoms with Crippen molar-refractivity contribution in [2.45, 2.75) is 19.6 Å². The van der Waals surface area contributed by atoms with E-state index in [9.17, 15) is 9.59 Å². The van der Waals surface area contributed by atoms with Crippen molar-refractivity contribution in [2.24, 2.45) is 0 Å². The van der Waals surface area contributed by atoms with Gasteiger partial charge in [-0.2, -0.15) is 0 Å². The van der Waals surface area contributed by atoms with E-state index in [0.717, 1.165) is 11.1 Å². The fraction of sp³-hybridized carbons (Fsp3) is 0.167. The van der Waals surface area contributed by atoms with E-state index >= 15 is 0 Å². The smallest absolute Gasteiger partial charge is 0.336 e. The molecule has 0 bridgehead atoms. The minimum absolute atomic E-state index is 0.254. The average Bonchev–Trinajstić information content (AvgIpc) is 2.60. The number of hydrogen-bond acceptors (Lipinski definition) is 5. The lowest BCUT2D eigenvalue weighted by molar-refractivity contribution is -0.127. The van der Waals surface area contributed by atoms with Gasteiger partial charge >= 0.3 is 5.63 Å². The molecule has 0 aliphatic carbocycles. The van der Waals surface area contributed by atoms with E-state index in [4.69, 9.17) is 9.15 Å². The monoisotopic (exact) mass is 324 g/mol. The summed E-state index contributed by atoms with van der Waals surface area (Å²) in [4.78, 5) is 27.5. The highest BCUT2D eigenvalue weighted by Gasteiger charge is 2.15. The number of hydrogen-bond donors (Lipinski definition) is 1. The van der Waals surface area contributed by atoms with Gasteiger partial charge < -0.3 is 14.5 Å². The zero-order chi connectivity index (χ0) is 16.9. The predicted molar refractivity (Wildman–Crippen MR) is 88.7 cm³/mol. The van der Waals surface area contributed by atoms with Gasteiger partial charge in [-0.1, -0.05) is 6.07 Å². The normalized spacial score (nSPS) is 11.9. The average molecular weight is 324 g/mol. The summed E-state index contributed by atoms with van der Waals surface area (Å²) < 4.78 is 10.7. The van der Waals surface area contributed by atoms with Gasteiger partial charge in [0, 0.05) is 23.7 Å². The number of nitrogens with one attached hydrogen (secondary N) is 1. The second-order valence-electron chi connectivity index (χ2n) is 5.25. The highest BCUT2D eigenvalue weighted by molar-refractivity contribution is 5.81. The molecule has 1 aromatic carbocycles. The zero-order valence-corrected chi connectivity index (χ0v) is 13.1. The first kappa shape index (κ1) is 15.7. The molecule has 1 unspecified atom stereocenters. The molecule has 0 fully saturated rings. The number of nitrogens with zero attached hydrogens (tertiary/aromatic N) is 1. The largest absolute Gasteiger partial charge is 0.481 e. The second-order valence-corrected chi connectivity index (χ2v) is 5.25.